The number of rotatable bonds is 4. The molecule has 0 unspecified atom stereocenters. The number of carbonyl (C=O) groups excluding carboxylic acids is 1. The minimum atomic E-state index is -0.465. The second-order valence-corrected chi connectivity index (χ2v) is 4.38. The summed E-state index contributed by atoms with van der Waals surface area (Å²) < 4.78 is 1.93. The molecule has 1 aliphatic rings. The van der Waals surface area contributed by atoms with Gasteiger partial charge in [0.2, 0.25) is 0 Å². The number of amides is 1. The fourth-order valence-electron chi connectivity index (χ4n) is 2.42. The van der Waals surface area contributed by atoms with Gasteiger partial charge in [-0.3, -0.25) is 4.79 Å². The maximum Gasteiger partial charge on any atom is 0.271 e. The first kappa shape index (κ1) is 11.1. The molecule has 0 aliphatic heterocycles. The predicted octanol–water partition coefficient (Wildman–Crippen LogP) is 1.44. The number of carbonyl (C=O) groups is 1. The molecule has 0 saturated heterocycles. The molecule has 1 heterocycles. The molecule has 1 aliphatic carbocycles. The van der Waals surface area contributed by atoms with Gasteiger partial charge in [0.25, 0.3) is 5.91 Å². The third-order valence-corrected chi connectivity index (χ3v) is 3.18. The van der Waals surface area contributed by atoms with Gasteiger partial charge in [-0.1, -0.05) is 31.4 Å². The fraction of sp³-hybridized carbons (Fsp3) is 0.727. The van der Waals surface area contributed by atoms with E-state index in [1.54, 1.807) is 0 Å². The quantitative estimate of drug-likeness (QED) is 0.837. The molecule has 5 nitrogen and oxygen atoms in total. The Kier molecular flexibility index (Phi) is 3.22. The Morgan fingerprint density at radius 2 is 2.19 bits per heavy atom. The number of aromatic nitrogens is 3. The average Bonchev–Trinajstić information content (AvgIpc) is 2.84. The van der Waals surface area contributed by atoms with Crippen molar-refractivity contribution in [3.63, 3.8) is 0 Å². The summed E-state index contributed by atoms with van der Waals surface area (Å²) in [4.78, 5) is 11.2. The Balaban J connectivity index is 2.32. The third kappa shape index (κ3) is 1.94. The minimum absolute atomic E-state index is 0.355. The Morgan fingerprint density at radius 3 is 2.75 bits per heavy atom. The maximum absolute atomic E-state index is 11.2. The second kappa shape index (κ2) is 4.63. The van der Waals surface area contributed by atoms with E-state index in [1.165, 1.54) is 12.8 Å². The van der Waals surface area contributed by atoms with Gasteiger partial charge in [-0.05, 0) is 19.3 Å². The summed E-state index contributed by atoms with van der Waals surface area (Å²) in [6, 6.07) is 0.419. The first-order chi connectivity index (χ1) is 7.74. The van der Waals surface area contributed by atoms with Gasteiger partial charge in [0, 0.05) is 0 Å². The highest BCUT2D eigenvalue weighted by atomic mass is 16.1. The summed E-state index contributed by atoms with van der Waals surface area (Å²) >= 11 is 0. The number of primary amides is 1. The van der Waals surface area contributed by atoms with E-state index < -0.39 is 5.91 Å². The van der Waals surface area contributed by atoms with Gasteiger partial charge in [0.05, 0.1) is 11.7 Å². The SMILES string of the molecule is CCCc1c(C(N)=O)nnn1C1CCCC1. The van der Waals surface area contributed by atoms with Crippen LogP contribution < -0.4 is 5.73 Å². The van der Waals surface area contributed by atoms with Crippen molar-refractivity contribution in [1.29, 1.82) is 0 Å². The van der Waals surface area contributed by atoms with Crippen LogP contribution in [0, 0.1) is 0 Å². The summed E-state index contributed by atoms with van der Waals surface area (Å²) in [5.41, 5.74) is 6.58. The van der Waals surface area contributed by atoms with Crippen molar-refractivity contribution in [3.05, 3.63) is 11.4 Å². The van der Waals surface area contributed by atoms with Crippen LogP contribution in [0.25, 0.3) is 0 Å². The maximum atomic E-state index is 11.2. The van der Waals surface area contributed by atoms with E-state index in [2.05, 4.69) is 17.2 Å². The molecule has 0 spiro atoms. The Bertz CT molecular complexity index is 379. The van der Waals surface area contributed by atoms with Gasteiger partial charge >= 0.3 is 0 Å². The fourth-order valence-corrected chi connectivity index (χ4v) is 2.42. The van der Waals surface area contributed by atoms with Crippen molar-refractivity contribution < 1.29 is 4.79 Å². The van der Waals surface area contributed by atoms with E-state index in [9.17, 15) is 4.79 Å². The van der Waals surface area contributed by atoms with Gasteiger partial charge in [0.1, 0.15) is 0 Å². The van der Waals surface area contributed by atoms with Gasteiger partial charge in [-0.25, -0.2) is 4.68 Å². The summed E-state index contributed by atoms with van der Waals surface area (Å²) in [6.07, 6.45) is 6.54. The van der Waals surface area contributed by atoms with Crippen LogP contribution in [0.3, 0.4) is 0 Å². The summed E-state index contributed by atoms with van der Waals surface area (Å²) in [5.74, 6) is -0.465. The predicted molar refractivity (Wildman–Crippen MR) is 60.0 cm³/mol. The first-order valence-electron chi connectivity index (χ1n) is 5.98. The van der Waals surface area contributed by atoms with E-state index >= 15 is 0 Å². The van der Waals surface area contributed by atoms with Crippen LogP contribution in [0.4, 0.5) is 0 Å². The van der Waals surface area contributed by atoms with E-state index in [4.69, 9.17) is 5.73 Å². The second-order valence-electron chi connectivity index (χ2n) is 4.38. The minimum Gasteiger partial charge on any atom is -0.364 e. The normalized spacial score (nSPS) is 16.8. The van der Waals surface area contributed by atoms with Gasteiger partial charge in [-0.2, -0.15) is 0 Å². The topological polar surface area (TPSA) is 73.8 Å². The zero-order valence-electron chi connectivity index (χ0n) is 9.65. The standard InChI is InChI=1S/C11H18N4O/c1-2-5-9-10(11(12)16)13-14-15(9)8-6-3-4-7-8/h8H,2-7H2,1H3,(H2,12,16). The number of hydrogen-bond donors (Lipinski definition) is 1. The molecule has 0 aromatic carbocycles. The zero-order valence-corrected chi connectivity index (χ0v) is 9.65. The van der Waals surface area contributed by atoms with E-state index in [0.29, 0.717) is 11.7 Å². The summed E-state index contributed by atoms with van der Waals surface area (Å²) in [7, 11) is 0. The zero-order chi connectivity index (χ0) is 11.5. The van der Waals surface area contributed by atoms with Crippen molar-refractivity contribution in [3.8, 4) is 0 Å². The summed E-state index contributed by atoms with van der Waals surface area (Å²) in [6.45, 7) is 2.08. The third-order valence-electron chi connectivity index (χ3n) is 3.18. The number of nitrogens with zero attached hydrogens (tertiary/aromatic N) is 3. The number of hydrogen-bond acceptors (Lipinski definition) is 3. The molecule has 1 amide bonds. The lowest BCUT2D eigenvalue weighted by molar-refractivity contribution is 0.0994. The first-order valence-corrected chi connectivity index (χ1v) is 5.98. The smallest absolute Gasteiger partial charge is 0.271 e. The Hall–Kier alpha value is -1.39. The van der Waals surface area contributed by atoms with Crippen LogP contribution in [-0.4, -0.2) is 20.9 Å². The lowest BCUT2D eigenvalue weighted by atomic mass is 10.1. The molecule has 88 valence electrons. The van der Waals surface area contributed by atoms with Crippen molar-refractivity contribution in [1.82, 2.24) is 15.0 Å². The molecule has 1 aromatic heterocycles. The van der Waals surface area contributed by atoms with Crippen LogP contribution in [0.2, 0.25) is 0 Å². The lowest BCUT2D eigenvalue weighted by Crippen LogP contribution is -2.16. The highest BCUT2D eigenvalue weighted by Gasteiger charge is 2.24. The van der Waals surface area contributed by atoms with E-state index in [1.807, 2.05) is 4.68 Å². The molecule has 0 bridgehead atoms. The monoisotopic (exact) mass is 222 g/mol. The molecule has 5 heteroatoms. The van der Waals surface area contributed by atoms with Gasteiger partial charge < -0.3 is 5.73 Å². The molecule has 2 N–H and O–H groups in total. The summed E-state index contributed by atoms with van der Waals surface area (Å²) in [5, 5.41) is 8.02. The van der Waals surface area contributed by atoms with Crippen LogP contribution >= 0.6 is 0 Å². The largest absolute Gasteiger partial charge is 0.364 e. The van der Waals surface area contributed by atoms with Gasteiger partial charge in [-0.15, -0.1) is 5.10 Å². The van der Waals surface area contributed by atoms with E-state index in [0.717, 1.165) is 31.4 Å². The Labute approximate surface area is 95.0 Å². The van der Waals surface area contributed by atoms with Crippen LogP contribution in [0.1, 0.15) is 61.3 Å². The molecular formula is C11H18N4O. The lowest BCUT2D eigenvalue weighted by Gasteiger charge is -2.12. The molecule has 2 rings (SSSR count). The van der Waals surface area contributed by atoms with E-state index in [-0.39, 0.29) is 0 Å². The van der Waals surface area contributed by atoms with Crippen LogP contribution in [0.15, 0.2) is 0 Å². The molecule has 0 atom stereocenters. The van der Waals surface area contributed by atoms with Crippen molar-refractivity contribution >= 4 is 5.91 Å². The molecule has 1 aromatic rings. The molecule has 1 fully saturated rings. The average molecular weight is 222 g/mol. The van der Waals surface area contributed by atoms with Crippen molar-refractivity contribution in [2.24, 2.45) is 5.73 Å². The van der Waals surface area contributed by atoms with Gasteiger partial charge in [0.15, 0.2) is 5.69 Å². The molecule has 16 heavy (non-hydrogen) atoms. The molecule has 1 saturated carbocycles. The van der Waals surface area contributed by atoms with Crippen LogP contribution in [0.5, 0.6) is 0 Å². The van der Waals surface area contributed by atoms with Crippen LogP contribution in [-0.2, 0) is 6.42 Å². The highest BCUT2D eigenvalue weighted by Crippen LogP contribution is 2.30. The number of nitrogens with two attached hydrogens (primary N) is 1. The molecular weight excluding hydrogens is 204 g/mol. The van der Waals surface area contributed by atoms with Crippen molar-refractivity contribution in [2.45, 2.75) is 51.5 Å². The van der Waals surface area contributed by atoms with Crippen molar-refractivity contribution in [2.75, 3.05) is 0 Å². The Morgan fingerprint density at radius 1 is 1.50 bits per heavy atom. The molecule has 0 radical (unpaired) electrons. The highest BCUT2D eigenvalue weighted by molar-refractivity contribution is 5.91.